The van der Waals surface area contributed by atoms with Gasteiger partial charge in [-0.25, -0.2) is 0 Å². The molecule has 8 atom stereocenters. The lowest BCUT2D eigenvalue weighted by atomic mass is 9.84. The standard InChI is InChI=1S/C25H35N3O2/c1-14(21-11-16-3-5-18(21)9-16)27-24(29)20-7-8-23(26-13-20)25(30)28-15(2)22-12-17-4-6-19(22)10-17/h7-8,13-19,21-22H,3-6,9-12H2,1-2H3,(H,27,29)(H,28,30)/t14-,15+,16-,17-,18-,19-,21-,22-/m0/s1. The van der Waals surface area contributed by atoms with Crippen LogP contribution in [0, 0.1) is 35.5 Å². The number of carbonyl (C=O) groups excluding carboxylic acids is 2. The van der Waals surface area contributed by atoms with Gasteiger partial charge in [-0.2, -0.15) is 0 Å². The number of fused-ring (bicyclic) bond motifs is 4. The number of pyridine rings is 1. The number of hydrogen-bond acceptors (Lipinski definition) is 3. The number of nitrogens with one attached hydrogen (secondary N) is 2. The Bertz CT molecular complexity index is 740. The first-order valence-electron chi connectivity index (χ1n) is 12.1. The topological polar surface area (TPSA) is 71.1 Å². The predicted molar refractivity (Wildman–Crippen MR) is 116 cm³/mol. The molecule has 0 radical (unpaired) electrons. The molecule has 5 heteroatoms. The van der Waals surface area contributed by atoms with E-state index in [4.69, 9.17) is 0 Å². The van der Waals surface area contributed by atoms with E-state index in [0.717, 1.165) is 23.7 Å². The molecule has 162 valence electrons. The van der Waals surface area contributed by atoms with Gasteiger partial charge in [0.25, 0.3) is 11.8 Å². The third-order valence-corrected chi connectivity index (χ3v) is 8.85. The lowest BCUT2D eigenvalue weighted by Gasteiger charge is -2.28. The first kappa shape index (κ1) is 20.0. The van der Waals surface area contributed by atoms with Crippen molar-refractivity contribution in [1.82, 2.24) is 15.6 Å². The Morgan fingerprint density at radius 3 is 1.83 bits per heavy atom. The van der Waals surface area contributed by atoms with E-state index in [2.05, 4.69) is 29.5 Å². The average molecular weight is 410 g/mol. The van der Waals surface area contributed by atoms with Gasteiger partial charge < -0.3 is 10.6 Å². The number of nitrogens with zero attached hydrogens (tertiary/aromatic N) is 1. The van der Waals surface area contributed by atoms with E-state index < -0.39 is 0 Å². The molecule has 0 aromatic carbocycles. The smallest absolute Gasteiger partial charge is 0.270 e. The van der Waals surface area contributed by atoms with Gasteiger partial charge >= 0.3 is 0 Å². The van der Waals surface area contributed by atoms with Gasteiger partial charge in [-0.1, -0.05) is 12.8 Å². The van der Waals surface area contributed by atoms with Crippen molar-refractivity contribution in [2.75, 3.05) is 0 Å². The van der Waals surface area contributed by atoms with Crippen molar-refractivity contribution >= 4 is 11.8 Å². The lowest BCUT2D eigenvalue weighted by Crippen LogP contribution is -2.41. The average Bonchev–Trinajstić information content (AvgIpc) is 3.55. The Hall–Kier alpha value is -1.91. The molecule has 0 aliphatic heterocycles. The van der Waals surface area contributed by atoms with Gasteiger partial charge in [0.15, 0.2) is 0 Å². The van der Waals surface area contributed by atoms with Gasteiger partial charge in [-0.15, -0.1) is 0 Å². The Morgan fingerprint density at radius 2 is 1.40 bits per heavy atom. The molecule has 5 nitrogen and oxygen atoms in total. The Balaban J connectivity index is 1.15. The van der Waals surface area contributed by atoms with Crippen molar-refractivity contribution in [2.24, 2.45) is 35.5 Å². The van der Waals surface area contributed by atoms with Crippen molar-refractivity contribution in [3.63, 3.8) is 0 Å². The molecular formula is C25H35N3O2. The summed E-state index contributed by atoms with van der Waals surface area (Å²) in [4.78, 5) is 29.6. The molecule has 30 heavy (non-hydrogen) atoms. The zero-order valence-electron chi connectivity index (χ0n) is 18.3. The normalized spacial score (nSPS) is 35.9. The van der Waals surface area contributed by atoms with Crippen LogP contribution in [0.2, 0.25) is 0 Å². The van der Waals surface area contributed by atoms with E-state index in [9.17, 15) is 9.59 Å². The van der Waals surface area contributed by atoms with Crippen LogP contribution in [0.15, 0.2) is 18.3 Å². The lowest BCUT2D eigenvalue weighted by molar-refractivity contribution is 0.0898. The Morgan fingerprint density at radius 1 is 0.833 bits per heavy atom. The molecule has 4 saturated carbocycles. The van der Waals surface area contributed by atoms with Crippen LogP contribution in [0.5, 0.6) is 0 Å². The summed E-state index contributed by atoms with van der Waals surface area (Å²) in [5, 5.41) is 6.33. The second-order valence-corrected chi connectivity index (χ2v) is 10.6. The summed E-state index contributed by atoms with van der Waals surface area (Å²) in [5.41, 5.74) is 0.922. The third-order valence-electron chi connectivity index (χ3n) is 8.85. The zero-order valence-corrected chi connectivity index (χ0v) is 18.3. The zero-order chi connectivity index (χ0) is 20.8. The summed E-state index contributed by atoms with van der Waals surface area (Å²) in [7, 11) is 0. The minimum atomic E-state index is -0.132. The molecule has 0 spiro atoms. The molecule has 1 aromatic heterocycles. The van der Waals surface area contributed by atoms with E-state index in [1.807, 2.05) is 0 Å². The number of rotatable bonds is 6. The van der Waals surface area contributed by atoms with E-state index in [-0.39, 0.29) is 23.9 Å². The monoisotopic (exact) mass is 409 g/mol. The molecule has 0 unspecified atom stereocenters. The Kier molecular flexibility index (Phi) is 5.32. The highest BCUT2D eigenvalue weighted by Crippen LogP contribution is 2.50. The van der Waals surface area contributed by atoms with Crippen LogP contribution in [0.1, 0.15) is 86.1 Å². The maximum atomic E-state index is 12.7. The van der Waals surface area contributed by atoms with Gasteiger partial charge in [0.05, 0.1) is 5.56 Å². The van der Waals surface area contributed by atoms with Crippen LogP contribution in [0.25, 0.3) is 0 Å². The fraction of sp³-hybridized carbons (Fsp3) is 0.720. The third kappa shape index (κ3) is 3.76. The molecule has 2 amide bonds. The molecule has 5 rings (SSSR count). The predicted octanol–water partition coefficient (Wildman–Crippen LogP) is 4.19. The van der Waals surface area contributed by atoms with Crippen LogP contribution >= 0.6 is 0 Å². The molecule has 2 N–H and O–H groups in total. The largest absolute Gasteiger partial charge is 0.349 e. The number of aromatic nitrogens is 1. The fourth-order valence-corrected chi connectivity index (χ4v) is 7.26. The highest BCUT2D eigenvalue weighted by molar-refractivity contribution is 5.96. The molecule has 4 aliphatic carbocycles. The number of carbonyl (C=O) groups is 2. The SMILES string of the molecule is C[C@H](NC(=O)c1ccc(C(=O)N[C@H](C)[C@@H]2C[C@H]3CC[C@H]2C3)nc1)[C@@H]1C[C@H]2CC[C@H]1C2. The van der Waals surface area contributed by atoms with Gasteiger partial charge in [-0.3, -0.25) is 14.6 Å². The highest BCUT2D eigenvalue weighted by Gasteiger charge is 2.43. The quantitative estimate of drug-likeness (QED) is 0.740. The molecule has 0 saturated heterocycles. The van der Waals surface area contributed by atoms with E-state index in [0.29, 0.717) is 23.1 Å². The van der Waals surface area contributed by atoms with Crippen molar-refractivity contribution in [2.45, 2.75) is 77.3 Å². The maximum absolute atomic E-state index is 12.7. The number of amides is 2. The molecule has 1 aromatic rings. The summed E-state index contributed by atoms with van der Waals surface area (Å²) in [6, 6.07) is 3.78. The maximum Gasteiger partial charge on any atom is 0.270 e. The minimum absolute atomic E-state index is 0.0833. The van der Waals surface area contributed by atoms with Crippen LogP contribution in [-0.4, -0.2) is 28.9 Å². The first-order valence-corrected chi connectivity index (χ1v) is 12.1. The summed E-state index contributed by atoms with van der Waals surface area (Å²) < 4.78 is 0. The van der Waals surface area contributed by atoms with E-state index in [1.54, 1.807) is 18.3 Å². The van der Waals surface area contributed by atoms with Crippen molar-refractivity contribution in [3.05, 3.63) is 29.6 Å². The number of hydrogen-bond donors (Lipinski definition) is 2. The molecular weight excluding hydrogens is 374 g/mol. The van der Waals surface area contributed by atoms with Crippen LogP contribution in [0.4, 0.5) is 0 Å². The van der Waals surface area contributed by atoms with Crippen LogP contribution in [-0.2, 0) is 0 Å². The van der Waals surface area contributed by atoms with Crippen molar-refractivity contribution in [3.8, 4) is 0 Å². The van der Waals surface area contributed by atoms with Crippen LogP contribution < -0.4 is 10.6 Å². The first-order chi connectivity index (χ1) is 14.5. The molecule has 4 bridgehead atoms. The molecule has 1 heterocycles. The fourth-order valence-electron chi connectivity index (χ4n) is 7.26. The second kappa shape index (κ2) is 7.97. The Labute approximate surface area is 179 Å². The van der Waals surface area contributed by atoms with E-state index in [1.165, 1.54) is 51.4 Å². The summed E-state index contributed by atoms with van der Waals surface area (Å²) >= 11 is 0. The second-order valence-electron chi connectivity index (χ2n) is 10.6. The van der Waals surface area contributed by atoms with Crippen LogP contribution in [0.3, 0.4) is 0 Å². The minimum Gasteiger partial charge on any atom is -0.349 e. The summed E-state index contributed by atoms with van der Waals surface area (Å²) in [6.07, 6.45) is 12.1. The van der Waals surface area contributed by atoms with Crippen molar-refractivity contribution in [1.29, 1.82) is 0 Å². The van der Waals surface area contributed by atoms with Gasteiger partial charge in [0, 0.05) is 18.3 Å². The summed E-state index contributed by atoms with van der Waals surface area (Å²) in [6.45, 7) is 4.26. The van der Waals surface area contributed by atoms with Gasteiger partial charge in [0.1, 0.15) is 5.69 Å². The van der Waals surface area contributed by atoms with Gasteiger partial charge in [-0.05, 0) is 100 Å². The molecule has 4 aliphatic rings. The van der Waals surface area contributed by atoms with Crippen molar-refractivity contribution < 1.29 is 9.59 Å². The van der Waals surface area contributed by atoms with Gasteiger partial charge in [0.2, 0.25) is 0 Å². The summed E-state index contributed by atoms with van der Waals surface area (Å²) in [5.74, 6) is 4.31. The van der Waals surface area contributed by atoms with E-state index >= 15 is 0 Å². The molecule has 4 fully saturated rings. The highest BCUT2D eigenvalue weighted by atomic mass is 16.2.